The molecule has 0 unspecified atom stereocenters. The van der Waals surface area contributed by atoms with Crippen molar-refractivity contribution in [2.75, 3.05) is 20.8 Å². The topological polar surface area (TPSA) is 74.7 Å². The van der Waals surface area contributed by atoms with Crippen molar-refractivity contribution in [2.24, 2.45) is 0 Å². The zero-order chi connectivity index (χ0) is 15.4. The molecule has 0 fully saturated rings. The zero-order valence-corrected chi connectivity index (χ0v) is 12.0. The molecule has 0 saturated heterocycles. The lowest BCUT2D eigenvalue weighted by molar-refractivity contribution is 0.0594. The van der Waals surface area contributed by atoms with Crippen LogP contribution in [-0.2, 0) is 9.47 Å². The van der Waals surface area contributed by atoms with Gasteiger partial charge in [0.15, 0.2) is 0 Å². The molecule has 0 amide bonds. The van der Waals surface area contributed by atoms with Crippen LogP contribution in [0.15, 0.2) is 24.3 Å². The van der Waals surface area contributed by atoms with E-state index in [4.69, 9.17) is 9.47 Å². The highest BCUT2D eigenvalue weighted by molar-refractivity contribution is 6.06. The lowest BCUT2D eigenvalue weighted by atomic mass is 10.1. The highest BCUT2D eigenvalue weighted by Crippen LogP contribution is 2.24. The zero-order valence-electron chi connectivity index (χ0n) is 12.0. The van der Waals surface area contributed by atoms with Crippen molar-refractivity contribution in [2.45, 2.75) is 6.92 Å². The van der Waals surface area contributed by atoms with E-state index in [0.717, 1.165) is 0 Å². The van der Waals surface area contributed by atoms with Gasteiger partial charge in [0.1, 0.15) is 11.4 Å². The Bertz CT molecular complexity index is 696. The molecule has 6 heteroatoms. The molecule has 0 aliphatic rings. The van der Waals surface area contributed by atoms with Crippen molar-refractivity contribution in [3.05, 3.63) is 35.5 Å². The number of fused-ring (bicyclic) bond motifs is 1. The first kappa shape index (κ1) is 14.8. The lowest BCUT2D eigenvalue weighted by Gasteiger charge is -2.09. The normalized spacial score (nSPS) is 10.2. The van der Waals surface area contributed by atoms with Gasteiger partial charge in [-0.3, -0.25) is 0 Å². The predicted molar refractivity (Wildman–Crippen MR) is 75.6 cm³/mol. The predicted octanol–water partition coefficient (Wildman–Crippen LogP) is 2.21. The fourth-order valence-electron chi connectivity index (χ4n) is 1.95. The molecule has 0 spiro atoms. The molecule has 6 nitrogen and oxygen atoms in total. The number of ether oxygens (including phenoxy) is 3. The van der Waals surface area contributed by atoms with Crippen molar-refractivity contribution in [1.82, 2.24) is 4.98 Å². The second kappa shape index (κ2) is 6.21. The molecule has 0 radical (unpaired) electrons. The van der Waals surface area contributed by atoms with E-state index in [1.165, 1.54) is 20.3 Å². The van der Waals surface area contributed by atoms with Gasteiger partial charge in [0.25, 0.3) is 0 Å². The van der Waals surface area contributed by atoms with E-state index in [0.29, 0.717) is 23.3 Å². The number of carbonyl (C=O) groups is 2. The molecule has 1 aromatic carbocycles. The number of nitrogens with zero attached hydrogens (tertiary/aromatic N) is 1. The van der Waals surface area contributed by atoms with E-state index in [1.54, 1.807) is 18.2 Å². The van der Waals surface area contributed by atoms with Crippen molar-refractivity contribution >= 4 is 22.8 Å². The molecule has 1 heterocycles. The summed E-state index contributed by atoms with van der Waals surface area (Å²) in [7, 11) is 2.53. The molecule has 2 aromatic rings. The highest BCUT2D eigenvalue weighted by Gasteiger charge is 2.18. The monoisotopic (exact) mass is 289 g/mol. The first-order chi connectivity index (χ1) is 10.1. The van der Waals surface area contributed by atoms with E-state index in [2.05, 4.69) is 9.72 Å². The summed E-state index contributed by atoms with van der Waals surface area (Å²) >= 11 is 0. The van der Waals surface area contributed by atoms with Gasteiger partial charge in [-0.25, -0.2) is 14.6 Å². The third kappa shape index (κ3) is 2.94. The largest absolute Gasteiger partial charge is 0.494 e. The van der Waals surface area contributed by atoms with Crippen molar-refractivity contribution in [3.8, 4) is 5.75 Å². The average Bonchev–Trinajstić information content (AvgIpc) is 2.52. The molecule has 21 heavy (non-hydrogen) atoms. The second-order valence-corrected chi connectivity index (χ2v) is 4.15. The Hall–Kier alpha value is -2.63. The molecule has 110 valence electrons. The van der Waals surface area contributed by atoms with Crippen LogP contribution in [0, 0.1) is 0 Å². The molecule has 0 aliphatic carbocycles. The molecule has 0 bridgehead atoms. The Balaban J connectivity index is 2.68. The van der Waals surface area contributed by atoms with E-state index in [-0.39, 0.29) is 11.3 Å². The number of carbonyl (C=O) groups excluding carboxylic acids is 2. The Morgan fingerprint density at radius 1 is 1.10 bits per heavy atom. The van der Waals surface area contributed by atoms with Gasteiger partial charge < -0.3 is 14.2 Å². The van der Waals surface area contributed by atoms with Crippen LogP contribution < -0.4 is 4.74 Å². The number of benzene rings is 1. The van der Waals surface area contributed by atoms with E-state index in [1.807, 2.05) is 6.92 Å². The minimum absolute atomic E-state index is 0.0505. The van der Waals surface area contributed by atoms with Crippen LogP contribution >= 0.6 is 0 Å². The lowest BCUT2D eigenvalue weighted by Crippen LogP contribution is -2.09. The van der Waals surface area contributed by atoms with Gasteiger partial charge in [-0.05, 0) is 31.2 Å². The smallest absolute Gasteiger partial charge is 0.356 e. The summed E-state index contributed by atoms with van der Waals surface area (Å²) in [5, 5.41) is 0.556. The minimum atomic E-state index is -0.615. The molecule has 0 aliphatic heterocycles. The Morgan fingerprint density at radius 3 is 2.43 bits per heavy atom. The van der Waals surface area contributed by atoms with Gasteiger partial charge in [0.05, 0.1) is 31.9 Å². The summed E-state index contributed by atoms with van der Waals surface area (Å²) in [6.07, 6.45) is 0. The van der Waals surface area contributed by atoms with Crippen LogP contribution in [0.3, 0.4) is 0 Å². The van der Waals surface area contributed by atoms with Crippen molar-refractivity contribution < 1.29 is 23.8 Å². The average molecular weight is 289 g/mol. The van der Waals surface area contributed by atoms with E-state index >= 15 is 0 Å². The summed E-state index contributed by atoms with van der Waals surface area (Å²) in [6.45, 7) is 2.37. The number of pyridine rings is 1. The highest BCUT2D eigenvalue weighted by atomic mass is 16.5. The van der Waals surface area contributed by atoms with E-state index in [9.17, 15) is 9.59 Å². The molecule has 0 N–H and O–H groups in total. The molecule has 0 saturated carbocycles. The van der Waals surface area contributed by atoms with Crippen molar-refractivity contribution in [1.29, 1.82) is 0 Å². The number of esters is 2. The quantitative estimate of drug-likeness (QED) is 0.803. The molecular formula is C15H15NO5. The van der Waals surface area contributed by atoms with Gasteiger partial charge in [-0.1, -0.05) is 0 Å². The standard InChI is InChI=1S/C15H15NO5/c1-4-21-9-5-6-12-10(7-9)11(14(17)19-2)8-13(16-12)15(18)20-3/h5-8H,4H2,1-3H3. The number of hydrogen-bond donors (Lipinski definition) is 0. The molecule has 0 atom stereocenters. The summed E-state index contributed by atoms with van der Waals surface area (Å²) in [6, 6.07) is 6.45. The fraction of sp³-hybridized carbons (Fsp3) is 0.267. The Labute approximate surface area is 121 Å². The molecule has 2 rings (SSSR count). The third-order valence-corrected chi connectivity index (χ3v) is 2.89. The third-order valence-electron chi connectivity index (χ3n) is 2.89. The molecule has 1 aromatic heterocycles. The SMILES string of the molecule is CCOc1ccc2nc(C(=O)OC)cc(C(=O)OC)c2c1. The number of rotatable bonds is 4. The minimum Gasteiger partial charge on any atom is -0.494 e. The van der Waals surface area contributed by atoms with Crippen LogP contribution in [0.2, 0.25) is 0 Å². The first-order valence-corrected chi connectivity index (χ1v) is 6.35. The number of hydrogen-bond acceptors (Lipinski definition) is 6. The number of methoxy groups -OCH3 is 2. The molecular weight excluding hydrogens is 274 g/mol. The fourth-order valence-corrected chi connectivity index (χ4v) is 1.95. The van der Waals surface area contributed by atoms with Gasteiger partial charge in [0, 0.05) is 5.39 Å². The van der Waals surface area contributed by atoms with Gasteiger partial charge in [0.2, 0.25) is 0 Å². The van der Waals surface area contributed by atoms with Crippen LogP contribution in [0.1, 0.15) is 27.8 Å². The van der Waals surface area contributed by atoms with Crippen LogP contribution in [0.25, 0.3) is 10.9 Å². The summed E-state index contributed by atoms with van der Waals surface area (Å²) in [5.41, 5.74) is 0.778. The van der Waals surface area contributed by atoms with Crippen molar-refractivity contribution in [3.63, 3.8) is 0 Å². The maximum Gasteiger partial charge on any atom is 0.356 e. The summed E-state index contributed by atoms with van der Waals surface area (Å²) < 4.78 is 14.8. The maximum atomic E-state index is 11.9. The van der Waals surface area contributed by atoms with Gasteiger partial charge in [-0.2, -0.15) is 0 Å². The van der Waals surface area contributed by atoms with Crippen LogP contribution in [0.5, 0.6) is 5.75 Å². The second-order valence-electron chi connectivity index (χ2n) is 4.15. The van der Waals surface area contributed by atoms with Crippen LogP contribution in [0.4, 0.5) is 0 Å². The van der Waals surface area contributed by atoms with E-state index < -0.39 is 11.9 Å². The summed E-state index contributed by atoms with van der Waals surface area (Å²) in [5.74, 6) is -0.556. The Kier molecular flexibility index (Phi) is 4.37. The summed E-state index contributed by atoms with van der Waals surface area (Å²) in [4.78, 5) is 27.7. The van der Waals surface area contributed by atoms with Crippen LogP contribution in [-0.4, -0.2) is 37.7 Å². The number of aromatic nitrogens is 1. The Morgan fingerprint density at radius 2 is 1.81 bits per heavy atom. The van der Waals surface area contributed by atoms with Gasteiger partial charge >= 0.3 is 11.9 Å². The first-order valence-electron chi connectivity index (χ1n) is 6.35. The van der Waals surface area contributed by atoms with Gasteiger partial charge in [-0.15, -0.1) is 0 Å². The maximum absolute atomic E-state index is 11.9.